The number of aromatic nitrogens is 2. The Hall–Kier alpha value is -3.07. The van der Waals surface area contributed by atoms with E-state index in [2.05, 4.69) is 4.98 Å². The number of carboxylic acids is 1. The summed E-state index contributed by atoms with van der Waals surface area (Å²) in [5, 5.41) is 12.4. The lowest BCUT2D eigenvalue weighted by Gasteiger charge is -2.31. The molecule has 5 rings (SSSR count). The molecule has 0 saturated carbocycles. The van der Waals surface area contributed by atoms with Crippen LogP contribution in [0.5, 0.6) is 11.5 Å². The smallest absolute Gasteiger partial charge is 0.325 e. The predicted octanol–water partition coefficient (Wildman–Crippen LogP) is 5.15. The molecule has 9 heteroatoms. The van der Waals surface area contributed by atoms with Crippen molar-refractivity contribution in [2.75, 3.05) is 20.8 Å². The van der Waals surface area contributed by atoms with E-state index in [1.54, 1.807) is 37.8 Å². The van der Waals surface area contributed by atoms with Crippen LogP contribution in [-0.2, 0) is 17.8 Å². The Labute approximate surface area is 199 Å². The van der Waals surface area contributed by atoms with Gasteiger partial charge in [-0.1, -0.05) is 11.6 Å². The fraction of sp³-hybridized carbons (Fsp3) is 0.250. The molecule has 1 unspecified atom stereocenters. The van der Waals surface area contributed by atoms with Gasteiger partial charge in [0.15, 0.2) is 11.5 Å². The van der Waals surface area contributed by atoms with Gasteiger partial charge in [0.25, 0.3) is 0 Å². The number of nitrogens with zero attached hydrogens (tertiary/aromatic N) is 2. The highest BCUT2D eigenvalue weighted by Crippen LogP contribution is 2.39. The molecular formula is C24H22ClN3O4S. The van der Waals surface area contributed by atoms with Crippen molar-refractivity contribution in [3.8, 4) is 22.1 Å². The molecule has 4 aromatic rings. The van der Waals surface area contributed by atoms with Gasteiger partial charge in [0.05, 0.1) is 19.9 Å². The fourth-order valence-electron chi connectivity index (χ4n) is 4.35. The molecule has 2 aromatic carbocycles. The van der Waals surface area contributed by atoms with Gasteiger partial charge in [0.2, 0.25) is 0 Å². The van der Waals surface area contributed by atoms with Crippen molar-refractivity contribution < 1.29 is 19.4 Å². The van der Waals surface area contributed by atoms with E-state index >= 15 is 0 Å². The number of aromatic amines is 1. The Morgan fingerprint density at radius 3 is 2.79 bits per heavy atom. The molecule has 0 spiro atoms. The summed E-state index contributed by atoms with van der Waals surface area (Å²) in [6.07, 6.45) is 2.46. The Balaban J connectivity index is 1.46. The van der Waals surface area contributed by atoms with Crippen molar-refractivity contribution in [3.05, 3.63) is 63.8 Å². The first-order valence-corrected chi connectivity index (χ1v) is 11.6. The van der Waals surface area contributed by atoms with Crippen molar-refractivity contribution in [2.24, 2.45) is 0 Å². The monoisotopic (exact) mass is 483 g/mol. The maximum Gasteiger partial charge on any atom is 0.325 e. The Bertz CT molecular complexity index is 1350. The zero-order valence-corrected chi connectivity index (χ0v) is 19.7. The number of hydrogen-bond acceptors (Lipinski definition) is 6. The molecular weight excluding hydrogens is 462 g/mol. The van der Waals surface area contributed by atoms with Gasteiger partial charge in [-0.2, -0.15) is 0 Å². The van der Waals surface area contributed by atoms with Crippen LogP contribution >= 0.6 is 22.9 Å². The Morgan fingerprint density at radius 1 is 1.21 bits per heavy atom. The van der Waals surface area contributed by atoms with Crippen LogP contribution in [0.4, 0.5) is 0 Å². The van der Waals surface area contributed by atoms with Crippen LogP contribution in [0.1, 0.15) is 22.2 Å². The number of H-pyrrole nitrogens is 1. The third-order valence-electron chi connectivity index (χ3n) is 5.96. The van der Waals surface area contributed by atoms with E-state index < -0.39 is 12.0 Å². The summed E-state index contributed by atoms with van der Waals surface area (Å²) < 4.78 is 10.8. The Kier molecular flexibility index (Phi) is 5.74. The minimum atomic E-state index is -0.885. The van der Waals surface area contributed by atoms with Crippen molar-refractivity contribution in [1.29, 1.82) is 0 Å². The van der Waals surface area contributed by atoms with Gasteiger partial charge in [-0.15, -0.1) is 11.3 Å². The number of aliphatic carboxylic acids is 1. The zero-order valence-electron chi connectivity index (χ0n) is 18.1. The number of carboxylic acid groups (broad SMARTS) is 1. The SMILES string of the molecule is COc1ccc(-c2nc3c(s2)CN(C(C(=O)O)c2c[nH]c4ccc(Cl)cc24)CC3)cc1OC. The summed E-state index contributed by atoms with van der Waals surface area (Å²) >= 11 is 7.77. The molecule has 33 heavy (non-hydrogen) atoms. The molecule has 1 aliphatic heterocycles. The van der Waals surface area contributed by atoms with Crippen LogP contribution < -0.4 is 9.47 Å². The summed E-state index contributed by atoms with van der Waals surface area (Å²) in [5.74, 6) is 0.426. The van der Waals surface area contributed by atoms with Crippen LogP contribution in [0.25, 0.3) is 21.5 Å². The average Bonchev–Trinajstić information content (AvgIpc) is 3.42. The summed E-state index contributed by atoms with van der Waals surface area (Å²) in [7, 11) is 3.21. The van der Waals surface area contributed by atoms with E-state index in [0.29, 0.717) is 41.6 Å². The maximum atomic E-state index is 12.4. The van der Waals surface area contributed by atoms with Crippen LogP contribution in [-0.4, -0.2) is 46.7 Å². The van der Waals surface area contributed by atoms with Gasteiger partial charge in [0.1, 0.15) is 11.0 Å². The highest BCUT2D eigenvalue weighted by molar-refractivity contribution is 7.15. The first-order valence-electron chi connectivity index (χ1n) is 10.4. The number of fused-ring (bicyclic) bond motifs is 2. The number of carbonyl (C=O) groups is 1. The molecule has 0 radical (unpaired) electrons. The minimum absolute atomic E-state index is 0.518. The van der Waals surface area contributed by atoms with Gasteiger partial charge < -0.3 is 19.6 Å². The number of nitrogens with one attached hydrogen (secondary N) is 1. The minimum Gasteiger partial charge on any atom is -0.493 e. The topological polar surface area (TPSA) is 87.7 Å². The normalized spacial score (nSPS) is 14.8. The lowest BCUT2D eigenvalue weighted by atomic mass is 10.0. The quantitative estimate of drug-likeness (QED) is 0.394. The molecule has 0 aliphatic carbocycles. The van der Waals surface area contributed by atoms with Crippen LogP contribution in [0.15, 0.2) is 42.6 Å². The fourth-order valence-corrected chi connectivity index (χ4v) is 5.66. The third kappa shape index (κ3) is 3.94. The summed E-state index contributed by atoms with van der Waals surface area (Å²) in [6.45, 7) is 1.12. The summed E-state index contributed by atoms with van der Waals surface area (Å²) in [4.78, 5) is 23.5. The summed E-state index contributed by atoms with van der Waals surface area (Å²) in [6, 6.07) is 10.4. The van der Waals surface area contributed by atoms with Gasteiger partial charge in [-0.05, 0) is 36.4 Å². The first-order chi connectivity index (χ1) is 16.0. The molecule has 170 valence electrons. The number of methoxy groups -OCH3 is 2. The highest BCUT2D eigenvalue weighted by atomic mass is 35.5. The zero-order chi connectivity index (χ0) is 23.1. The van der Waals surface area contributed by atoms with Crippen LogP contribution in [0.2, 0.25) is 5.02 Å². The first kappa shape index (κ1) is 21.8. The average molecular weight is 484 g/mol. The maximum absolute atomic E-state index is 12.4. The standard InChI is InChI=1S/C24H22ClN3O4S/c1-31-19-6-3-13(9-20(19)32-2)23-27-18-7-8-28(12-21(18)33-23)22(24(29)30)16-11-26-17-5-4-14(25)10-15(16)17/h3-6,9-11,22,26H,7-8,12H2,1-2H3,(H,29,30). The number of rotatable bonds is 6. The molecule has 1 aliphatic rings. The van der Waals surface area contributed by atoms with Gasteiger partial charge in [-0.25, -0.2) is 4.98 Å². The van der Waals surface area contributed by atoms with E-state index in [-0.39, 0.29) is 0 Å². The number of thiazole rings is 1. The lowest BCUT2D eigenvalue weighted by molar-refractivity contribution is -0.144. The van der Waals surface area contributed by atoms with Gasteiger partial charge >= 0.3 is 5.97 Å². The molecule has 1 atom stereocenters. The van der Waals surface area contributed by atoms with Crippen molar-refractivity contribution >= 4 is 39.8 Å². The second kappa shape index (κ2) is 8.70. The van der Waals surface area contributed by atoms with E-state index in [9.17, 15) is 9.90 Å². The Morgan fingerprint density at radius 2 is 2.03 bits per heavy atom. The third-order valence-corrected chi connectivity index (χ3v) is 7.33. The van der Waals surface area contributed by atoms with E-state index in [4.69, 9.17) is 26.1 Å². The van der Waals surface area contributed by atoms with E-state index in [1.165, 1.54) is 0 Å². The summed E-state index contributed by atoms with van der Waals surface area (Å²) in [5.41, 5.74) is 3.55. The van der Waals surface area contributed by atoms with Crippen molar-refractivity contribution in [3.63, 3.8) is 0 Å². The van der Waals surface area contributed by atoms with E-state index in [1.807, 2.05) is 35.2 Å². The molecule has 0 fully saturated rings. The molecule has 3 heterocycles. The second-order valence-electron chi connectivity index (χ2n) is 7.85. The molecule has 0 saturated heterocycles. The molecule has 2 N–H and O–H groups in total. The van der Waals surface area contributed by atoms with Crippen LogP contribution in [0, 0.1) is 0 Å². The molecule has 0 amide bonds. The molecule has 0 bridgehead atoms. The van der Waals surface area contributed by atoms with Gasteiger partial charge in [0, 0.05) is 57.6 Å². The van der Waals surface area contributed by atoms with Gasteiger partial charge in [-0.3, -0.25) is 9.69 Å². The van der Waals surface area contributed by atoms with Crippen LogP contribution in [0.3, 0.4) is 0 Å². The lowest BCUT2D eigenvalue weighted by Crippen LogP contribution is -2.37. The predicted molar refractivity (Wildman–Crippen MR) is 128 cm³/mol. The number of hydrogen-bond donors (Lipinski definition) is 2. The van der Waals surface area contributed by atoms with Crippen molar-refractivity contribution in [1.82, 2.24) is 14.9 Å². The van der Waals surface area contributed by atoms with Crippen molar-refractivity contribution in [2.45, 2.75) is 19.0 Å². The number of benzene rings is 2. The number of halogens is 1. The molecule has 7 nitrogen and oxygen atoms in total. The molecule has 2 aromatic heterocycles. The second-order valence-corrected chi connectivity index (χ2v) is 9.37. The highest BCUT2D eigenvalue weighted by Gasteiger charge is 2.33. The number of ether oxygens (including phenoxy) is 2. The largest absolute Gasteiger partial charge is 0.493 e. The van der Waals surface area contributed by atoms with E-state index in [0.717, 1.165) is 32.0 Å².